The number of halogens is 2. The molecule has 1 aromatic carbocycles. The fourth-order valence-electron chi connectivity index (χ4n) is 2.04. The molecule has 0 fully saturated rings. The Morgan fingerprint density at radius 2 is 2.27 bits per heavy atom. The van der Waals surface area contributed by atoms with Crippen LogP contribution >= 0.6 is 12.4 Å². The van der Waals surface area contributed by atoms with E-state index in [1.165, 1.54) is 0 Å². The standard InChI is InChI=1S/C12H12FN.ClH/c1-2-11(13)9-4-3-5-10-8(9)6-7-12(10)14;/h1,3-5,11-12H,6-7,14H2;1H. The summed E-state index contributed by atoms with van der Waals surface area (Å²) in [6, 6.07) is 5.58. The van der Waals surface area contributed by atoms with Crippen molar-refractivity contribution in [3.8, 4) is 12.3 Å². The summed E-state index contributed by atoms with van der Waals surface area (Å²) in [5.74, 6) is 2.12. The van der Waals surface area contributed by atoms with Gasteiger partial charge in [0, 0.05) is 11.6 Å². The van der Waals surface area contributed by atoms with Crippen molar-refractivity contribution in [1.82, 2.24) is 0 Å². The van der Waals surface area contributed by atoms with E-state index in [1.54, 1.807) is 6.07 Å². The topological polar surface area (TPSA) is 26.0 Å². The SMILES string of the molecule is C#CC(F)c1cccc2c1CCC2N.Cl. The van der Waals surface area contributed by atoms with Gasteiger partial charge in [0.2, 0.25) is 0 Å². The Bertz CT molecular complexity index is 397. The predicted octanol–water partition coefficient (Wildman–Crippen LogP) is 2.70. The Kier molecular flexibility index (Phi) is 3.73. The van der Waals surface area contributed by atoms with Gasteiger partial charge in [0.1, 0.15) is 0 Å². The lowest BCUT2D eigenvalue weighted by molar-refractivity contribution is 0.426. The molecule has 0 aliphatic heterocycles. The van der Waals surface area contributed by atoms with Crippen LogP contribution in [0, 0.1) is 12.3 Å². The highest BCUT2D eigenvalue weighted by molar-refractivity contribution is 5.85. The maximum Gasteiger partial charge on any atom is 0.185 e. The molecular weight excluding hydrogens is 213 g/mol. The van der Waals surface area contributed by atoms with Gasteiger partial charge in [-0.15, -0.1) is 18.8 Å². The molecule has 0 aromatic heterocycles. The minimum absolute atomic E-state index is 0. The van der Waals surface area contributed by atoms with Gasteiger partial charge in [0.25, 0.3) is 0 Å². The molecule has 80 valence electrons. The fourth-order valence-corrected chi connectivity index (χ4v) is 2.04. The van der Waals surface area contributed by atoms with E-state index >= 15 is 0 Å². The first-order valence-electron chi connectivity index (χ1n) is 4.71. The highest BCUT2D eigenvalue weighted by Crippen LogP contribution is 2.34. The van der Waals surface area contributed by atoms with Crippen molar-refractivity contribution >= 4 is 12.4 Å². The average Bonchev–Trinajstić information content (AvgIpc) is 2.59. The minimum Gasteiger partial charge on any atom is -0.324 e. The van der Waals surface area contributed by atoms with Gasteiger partial charge in [-0.25, -0.2) is 4.39 Å². The number of fused-ring (bicyclic) bond motifs is 1. The zero-order valence-corrected chi connectivity index (χ0v) is 9.06. The van der Waals surface area contributed by atoms with Crippen LogP contribution in [0.4, 0.5) is 4.39 Å². The summed E-state index contributed by atoms with van der Waals surface area (Å²) in [7, 11) is 0. The quantitative estimate of drug-likeness (QED) is 0.731. The van der Waals surface area contributed by atoms with Crippen molar-refractivity contribution < 1.29 is 4.39 Å². The van der Waals surface area contributed by atoms with Crippen LogP contribution < -0.4 is 5.73 Å². The van der Waals surface area contributed by atoms with Crippen molar-refractivity contribution in [2.24, 2.45) is 5.73 Å². The Balaban J connectivity index is 0.00000112. The lowest BCUT2D eigenvalue weighted by atomic mass is 9.99. The van der Waals surface area contributed by atoms with Crippen molar-refractivity contribution in [2.75, 3.05) is 0 Å². The lowest BCUT2D eigenvalue weighted by Crippen LogP contribution is -2.05. The summed E-state index contributed by atoms with van der Waals surface area (Å²) in [5.41, 5.74) is 8.58. The first-order valence-corrected chi connectivity index (χ1v) is 4.71. The van der Waals surface area contributed by atoms with Crippen LogP contribution in [0.2, 0.25) is 0 Å². The largest absolute Gasteiger partial charge is 0.324 e. The van der Waals surface area contributed by atoms with Gasteiger partial charge >= 0.3 is 0 Å². The molecule has 2 atom stereocenters. The molecule has 3 heteroatoms. The van der Waals surface area contributed by atoms with Gasteiger partial charge in [-0.3, -0.25) is 0 Å². The number of alkyl halides is 1. The Labute approximate surface area is 95.3 Å². The molecule has 0 bridgehead atoms. The number of nitrogens with two attached hydrogens (primary N) is 1. The van der Waals surface area contributed by atoms with Crippen LogP contribution in [0.3, 0.4) is 0 Å². The van der Waals surface area contributed by atoms with Crippen molar-refractivity contribution in [2.45, 2.75) is 25.1 Å². The Hall–Kier alpha value is -1.04. The second kappa shape index (κ2) is 4.65. The zero-order valence-electron chi connectivity index (χ0n) is 8.24. The van der Waals surface area contributed by atoms with E-state index in [-0.39, 0.29) is 18.4 Å². The van der Waals surface area contributed by atoms with Gasteiger partial charge in [-0.05, 0) is 24.0 Å². The van der Waals surface area contributed by atoms with E-state index in [0.29, 0.717) is 5.56 Å². The molecule has 2 unspecified atom stereocenters. The molecule has 2 N–H and O–H groups in total. The van der Waals surface area contributed by atoms with E-state index in [9.17, 15) is 4.39 Å². The summed E-state index contributed by atoms with van der Waals surface area (Å²) in [6.45, 7) is 0. The highest BCUT2D eigenvalue weighted by atomic mass is 35.5. The average molecular weight is 226 g/mol. The van der Waals surface area contributed by atoms with Gasteiger partial charge in [-0.1, -0.05) is 24.1 Å². The molecule has 1 nitrogen and oxygen atoms in total. The van der Waals surface area contributed by atoms with Crippen LogP contribution in [0.5, 0.6) is 0 Å². The molecule has 0 amide bonds. The third-order valence-electron chi connectivity index (χ3n) is 2.77. The highest BCUT2D eigenvalue weighted by Gasteiger charge is 2.23. The number of rotatable bonds is 1. The van der Waals surface area contributed by atoms with E-state index in [4.69, 9.17) is 12.2 Å². The summed E-state index contributed by atoms with van der Waals surface area (Å²) in [5, 5.41) is 0. The molecule has 0 saturated carbocycles. The molecule has 1 aliphatic carbocycles. The monoisotopic (exact) mass is 225 g/mol. The van der Waals surface area contributed by atoms with Gasteiger partial charge < -0.3 is 5.73 Å². The molecule has 0 radical (unpaired) electrons. The molecular formula is C12H13ClFN. The smallest absolute Gasteiger partial charge is 0.185 e. The summed E-state index contributed by atoms with van der Waals surface area (Å²) in [4.78, 5) is 0. The van der Waals surface area contributed by atoms with Crippen molar-refractivity contribution in [3.63, 3.8) is 0 Å². The molecule has 1 aromatic rings. The lowest BCUT2D eigenvalue weighted by Gasteiger charge is -2.09. The number of hydrogen-bond donors (Lipinski definition) is 1. The second-order valence-electron chi connectivity index (χ2n) is 3.59. The predicted molar refractivity (Wildman–Crippen MR) is 61.6 cm³/mol. The van der Waals surface area contributed by atoms with Crippen LogP contribution in [-0.4, -0.2) is 0 Å². The molecule has 1 aliphatic rings. The van der Waals surface area contributed by atoms with Crippen LogP contribution in [0.15, 0.2) is 18.2 Å². The third kappa shape index (κ3) is 1.99. The maximum atomic E-state index is 13.4. The second-order valence-corrected chi connectivity index (χ2v) is 3.59. The fraction of sp³-hybridized carbons (Fsp3) is 0.333. The van der Waals surface area contributed by atoms with Gasteiger partial charge in [0.05, 0.1) is 0 Å². The Morgan fingerprint density at radius 3 is 2.93 bits per heavy atom. The summed E-state index contributed by atoms with van der Waals surface area (Å²) >= 11 is 0. The van der Waals surface area contributed by atoms with Crippen LogP contribution in [0.1, 0.15) is 35.3 Å². The van der Waals surface area contributed by atoms with Crippen LogP contribution in [0.25, 0.3) is 0 Å². The van der Waals surface area contributed by atoms with E-state index < -0.39 is 6.17 Å². The van der Waals surface area contributed by atoms with Crippen molar-refractivity contribution in [3.05, 3.63) is 34.9 Å². The summed E-state index contributed by atoms with van der Waals surface area (Å²) < 4.78 is 13.4. The molecule has 15 heavy (non-hydrogen) atoms. The summed E-state index contributed by atoms with van der Waals surface area (Å²) in [6.07, 6.45) is 5.52. The molecule has 0 saturated heterocycles. The molecule has 2 rings (SSSR count). The minimum atomic E-state index is -1.30. The maximum absolute atomic E-state index is 13.4. The van der Waals surface area contributed by atoms with E-state index in [1.807, 2.05) is 12.1 Å². The van der Waals surface area contributed by atoms with Crippen LogP contribution in [-0.2, 0) is 6.42 Å². The number of benzene rings is 1. The third-order valence-corrected chi connectivity index (χ3v) is 2.77. The Morgan fingerprint density at radius 1 is 1.53 bits per heavy atom. The molecule has 0 heterocycles. The normalized spacial score (nSPS) is 19.9. The first kappa shape index (κ1) is 12.0. The van der Waals surface area contributed by atoms with E-state index in [2.05, 4.69) is 5.92 Å². The van der Waals surface area contributed by atoms with Gasteiger partial charge in [0.15, 0.2) is 6.17 Å². The zero-order chi connectivity index (χ0) is 10.1. The number of hydrogen-bond acceptors (Lipinski definition) is 1. The van der Waals surface area contributed by atoms with E-state index in [0.717, 1.165) is 24.0 Å². The van der Waals surface area contributed by atoms with Crippen molar-refractivity contribution in [1.29, 1.82) is 0 Å². The molecule has 0 spiro atoms. The first-order chi connectivity index (χ1) is 6.74. The number of terminal acetylenes is 1. The van der Waals surface area contributed by atoms with Gasteiger partial charge in [-0.2, -0.15) is 0 Å².